The molecule has 14 rings (SSSR count). The maximum Gasteiger partial charge on any atom is 0.0726 e. The summed E-state index contributed by atoms with van der Waals surface area (Å²) >= 11 is 0. The predicted octanol–water partition coefficient (Wildman–Crippen LogP) is 18.6. The maximum absolute atomic E-state index is 2.49. The Morgan fingerprint density at radius 2 is 0.764 bits per heavy atom. The van der Waals surface area contributed by atoms with E-state index in [-0.39, 0.29) is 5.41 Å². The van der Waals surface area contributed by atoms with Gasteiger partial charge >= 0.3 is 0 Å². The molecule has 2 nitrogen and oxygen atoms in total. The lowest BCUT2D eigenvalue weighted by Crippen LogP contribution is -2.31. The van der Waals surface area contributed by atoms with Crippen molar-refractivity contribution in [3.8, 4) is 55.6 Å². The largest absolute Gasteiger partial charge is 0.310 e. The Balaban J connectivity index is 0.941. The number of nitrogens with zero attached hydrogens (tertiary/aromatic N) is 2. The van der Waals surface area contributed by atoms with Gasteiger partial charge in [0, 0.05) is 28.0 Å². The molecule has 0 saturated carbocycles. The molecular weight excluding hydrogens is 869 g/mol. The third-order valence-electron chi connectivity index (χ3n) is 15.8. The number of benzene rings is 11. The second kappa shape index (κ2) is 16.3. The van der Waals surface area contributed by atoms with Crippen LogP contribution in [0.15, 0.2) is 267 Å². The minimum absolute atomic E-state index is 0.285. The molecule has 0 unspecified atom stereocenters. The molecule has 0 radical (unpaired) electrons. The highest BCUT2D eigenvalue weighted by molar-refractivity contribution is 6.01. The summed E-state index contributed by atoms with van der Waals surface area (Å²) in [6.07, 6.45) is 0. The molecule has 340 valence electrons. The first-order valence-electron chi connectivity index (χ1n) is 25.2. The van der Waals surface area contributed by atoms with Crippen LogP contribution in [0.2, 0.25) is 0 Å². The van der Waals surface area contributed by atoms with E-state index in [0.29, 0.717) is 0 Å². The van der Waals surface area contributed by atoms with E-state index >= 15 is 0 Å². The maximum atomic E-state index is 2.49. The van der Waals surface area contributed by atoms with Crippen LogP contribution in [-0.4, -0.2) is 0 Å². The molecule has 3 aliphatic rings. The van der Waals surface area contributed by atoms with Crippen molar-refractivity contribution < 1.29 is 0 Å². The Hall–Kier alpha value is -8.98. The van der Waals surface area contributed by atoms with Crippen molar-refractivity contribution >= 4 is 34.1 Å². The molecule has 0 atom stereocenters. The van der Waals surface area contributed by atoms with Crippen LogP contribution in [-0.2, 0) is 10.8 Å². The summed E-state index contributed by atoms with van der Waals surface area (Å²) in [4.78, 5) is 4.96. The zero-order valence-electron chi connectivity index (χ0n) is 40.3. The smallest absolute Gasteiger partial charge is 0.0726 e. The number of hydrogen-bond acceptors (Lipinski definition) is 2. The van der Waals surface area contributed by atoms with Crippen molar-refractivity contribution in [2.24, 2.45) is 0 Å². The van der Waals surface area contributed by atoms with E-state index in [4.69, 9.17) is 0 Å². The molecule has 1 aliphatic heterocycles. The lowest BCUT2D eigenvalue weighted by Gasteiger charge is -2.43. The molecule has 2 heteroatoms. The molecular formula is C70H50N2. The summed E-state index contributed by atoms with van der Waals surface area (Å²) in [7, 11) is 0. The van der Waals surface area contributed by atoms with Gasteiger partial charge in [-0.3, -0.25) is 0 Å². The molecule has 11 aromatic rings. The lowest BCUT2D eigenvalue weighted by atomic mass is 9.70. The normalized spacial score (nSPS) is 13.9. The summed E-state index contributed by atoms with van der Waals surface area (Å²) in [5, 5.41) is 0. The lowest BCUT2D eigenvalue weighted by molar-refractivity contribution is 0.634. The van der Waals surface area contributed by atoms with Gasteiger partial charge in [-0.25, -0.2) is 0 Å². The molecule has 0 bridgehead atoms. The van der Waals surface area contributed by atoms with Crippen LogP contribution in [0.3, 0.4) is 0 Å². The van der Waals surface area contributed by atoms with Gasteiger partial charge in [-0.1, -0.05) is 226 Å². The number of fused-ring (bicyclic) bond motifs is 12. The average molecular weight is 919 g/mol. The van der Waals surface area contributed by atoms with Gasteiger partial charge in [0.2, 0.25) is 0 Å². The Morgan fingerprint density at radius 1 is 0.319 bits per heavy atom. The van der Waals surface area contributed by atoms with Gasteiger partial charge < -0.3 is 9.80 Å². The molecule has 0 amide bonds. The van der Waals surface area contributed by atoms with E-state index in [1.165, 1.54) is 100 Å². The molecule has 1 heterocycles. The molecule has 1 spiro atoms. The predicted molar refractivity (Wildman–Crippen MR) is 301 cm³/mol. The number of hydrogen-bond donors (Lipinski definition) is 0. The highest BCUT2D eigenvalue weighted by atomic mass is 15.2. The van der Waals surface area contributed by atoms with Crippen LogP contribution in [0.5, 0.6) is 0 Å². The first-order chi connectivity index (χ1) is 35.5. The van der Waals surface area contributed by atoms with Crippen LogP contribution in [0.1, 0.15) is 47.2 Å². The van der Waals surface area contributed by atoms with Gasteiger partial charge in [0.15, 0.2) is 0 Å². The van der Waals surface area contributed by atoms with Gasteiger partial charge in [0.05, 0.1) is 22.5 Å². The highest BCUT2D eigenvalue weighted by Gasteiger charge is 2.52. The Labute approximate surface area is 422 Å². The van der Waals surface area contributed by atoms with E-state index in [1.54, 1.807) is 0 Å². The Morgan fingerprint density at radius 3 is 1.42 bits per heavy atom. The van der Waals surface area contributed by atoms with Crippen molar-refractivity contribution in [2.75, 3.05) is 9.80 Å². The topological polar surface area (TPSA) is 6.48 Å². The van der Waals surface area contributed by atoms with Crippen molar-refractivity contribution in [2.45, 2.75) is 24.7 Å². The van der Waals surface area contributed by atoms with Crippen LogP contribution >= 0.6 is 0 Å². The van der Waals surface area contributed by atoms with Gasteiger partial charge in [-0.2, -0.15) is 0 Å². The van der Waals surface area contributed by atoms with Gasteiger partial charge in [-0.15, -0.1) is 0 Å². The number of rotatable bonds is 7. The summed E-state index contributed by atoms with van der Waals surface area (Å²) in [6, 6.07) is 98.9. The van der Waals surface area contributed by atoms with Crippen LogP contribution in [0.25, 0.3) is 55.6 Å². The molecule has 0 saturated heterocycles. The summed E-state index contributed by atoms with van der Waals surface area (Å²) in [5.74, 6) is 0. The quantitative estimate of drug-likeness (QED) is 0.157. The van der Waals surface area contributed by atoms with Gasteiger partial charge in [-0.05, 0) is 138 Å². The van der Waals surface area contributed by atoms with Crippen LogP contribution < -0.4 is 9.80 Å². The van der Waals surface area contributed by atoms with Crippen molar-refractivity contribution in [1.82, 2.24) is 0 Å². The zero-order chi connectivity index (χ0) is 48.0. The number of para-hydroxylation sites is 1. The molecule has 72 heavy (non-hydrogen) atoms. The van der Waals surface area contributed by atoms with Gasteiger partial charge in [0.25, 0.3) is 0 Å². The fourth-order valence-corrected chi connectivity index (χ4v) is 12.8. The van der Waals surface area contributed by atoms with E-state index < -0.39 is 5.41 Å². The second-order valence-corrected chi connectivity index (χ2v) is 20.0. The third-order valence-corrected chi connectivity index (χ3v) is 15.8. The number of anilines is 6. The Kier molecular flexibility index (Phi) is 9.50. The van der Waals surface area contributed by atoms with E-state index in [1.807, 2.05) is 0 Å². The SMILES string of the molecule is CC1(C)c2ccccc2N(c2cccc(-c3ccccc3)c2)c2cccc(-c3ccc(N(c4ccc(-c5ccccc5)cc4)c4cccc5c4-c4ccccc4C54c5ccccc5-c5ccccc54)cc3)c21. The molecule has 2 aliphatic carbocycles. The molecule has 0 aromatic heterocycles. The average Bonchev–Trinajstić information content (AvgIpc) is 3.93. The highest BCUT2D eigenvalue weighted by Crippen LogP contribution is 2.65. The van der Waals surface area contributed by atoms with Crippen molar-refractivity contribution in [3.63, 3.8) is 0 Å². The Bertz CT molecular complexity index is 3840. The van der Waals surface area contributed by atoms with E-state index in [0.717, 1.165) is 22.7 Å². The van der Waals surface area contributed by atoms with E-state index in [2.05, 4.69) is 291 Å². The first kappa shape index (κ1) is 41.9. The molecule has 0 fully saturated rings. The third kappa shape index (κ3) is 6.15. The standard InChI is InChI=1S/C70H50N2/c1-69(2)62-33-15-16-35-64(62)72(54-25-17-24-51(46-54)48-22-7-4-8-23-48)66-37-18-29-55(68(66)69)50-40-44-53(45-41-50)71(52-42-38-49(39-43-52)47-20-5-3-6-21-47)65-36-19-34-63-67(65)58-28-11-14-32-61(58)70(63)59-30-12-9-26-56(59)57-27-10-13-31-60(57)70/h3-46H,1-2H3. The van der Waals surface area contributed by atoms with Gasteiger partial charge in [0.1, 0.15) is 0 Å². The van der Waals surface area contributed by atoms with Crippen molar-refractivity contribution in [3.05, 3.63) is 300 Å². The minimum Gasteiger partial charge on any atom is -0.310 e. The zero-order valence-corrected chi connectivity index (χ0v) is 40.3. The van der Waals surface area contributed by atoms with E-state index in [9.17, 15) is 0 Å². The summed E-state index contributed by atoms with van der Waals surface area (Å²) < 4.78 is 0. The van der Waals surface area contributed by atoms with Crippen LogP contribution in [0.4, 0.5) is 34.1 Å². The fraction of sp³-hybridized carbons (Fsp3) is 0.0571. The molecule has 11 aromatic carbocycles. The first-order valence-corrected chi connectivity index (χ1v) is 25.2. The fourth-order valence-electron chi connectivity index (χ4n) is 12.8. The summed E-state index contributed by atoms with van der Waals surface area (Å²) in [5.41, 5.74) is 26.5. The van der Waals surface area contributed by atoms with Crippen molar-refractivity contribution in [1.29, 1.82) is 0 Å². The summed E-state index contributed by atoms with van der Waals surface area (Å²) in [6.45, 7) is 4.78. The molecule has 0 N–H and O–H groups in total. The van der Waals surface area contributed by atoms with Crippen LogP contribution in [0, 0.1) is 0 Å². The second-order valence-electron chi connectivity index (χ2n) is 20.0. The minimum atomic E-state index is -0.448. The monoisotopic (exact) mass is 918 g/mol.